The van der Waals surface area contributed by atoms with Crippen molar-refractivity contribution in [3.8, 4) is 0 Å². The van der Waals surface area contributed by atoms with Gasteiger partial charge in [0.1, 0.15) is 11.6 Å². The van der Waals surface area contributed by atoms with E-state index in [1.807, 2.05) is 0 Å². The zero-order valence-corrected chi connectivity index (χ0v) is 11.2. The molecule has 104 valence electrons. The Bertz CT molecular complexity index is 584. The zero-order chi connectivity index (χ0) is 14.4. The topological polar surface area (TPSA) is 54.0 Å². The Morgan fingerprint density at radius 3 is 2.70 bits per heavy atom. The monoisotopic (exact) mass is 273 g/mol. The van der Waals surface area contributed by atoms with E-state index in [0.717, 1.165) is 5.56 Å². The summed E-state index contributed by atoms with van der Waals surface area (Å²) in [6.45, 7) is 0.502. The maximum absolute atomic E-state index is 12.7. The molecule has 0 fully saturated rings. The van der Waals surface area contributed by atoms with E-state index in [2.05, 4.69) is 15.6 Å². The molecule has 0 bridgehead atoms. The number of carbonyl (C=O) groups is 1. The van der Waals surface area contributed by atoms with E-state index in [1.54, 1.807) is 37.5 Å². The summed E-state index contributed by atoms with van der Waals surface area (Å²) < 4.78 is 12.7. The van der Waals surface area contributed by atoms with Gasteiger partial charge in [-0.05, 0) is 36.2 Å². The lowest BCUT2D eigenvalue weighted by molar-refractivity contribution is 0.0954. The van der Waals surface area contributed by atoms with Crippen molar-refractivity contribution in [3.63, 3.8) is 0 Å². The largest absolute Gasteiger partial charge is 0.373 e. The van der Waals surface area contributed by atoms with Crippen LogP contribution in [0.15, 0.2) is 42.6 Å². The minimum Gasteiger partial charge on any atom is -0.373 e. The molecule has 0 atom stereocenters. The highest BCUT2D eigenvalue weighted by Gasteiger charge is 2.05. The van der Waals surface area contributed by atoms with Crippen molar-refractivity contribution in [1.29, 1.82) is 0 Å². The molecule has 4 nitrogen and oxygen atoms in total. The summed E-state index contributed by atoms with van der Waals surface area (Å²) in [5.41, 5.74) is 1.54. The smallest absolute Gasteiger partial charge is 0.251 e. The third kappa shape index (κ3) is 3.78. The number of amides is 1. The predicted molar refractivity (Wildman–Crippen MR) is 76.2 cm³/mol. The first-order valence-electron chi connectivity index (χ1n) is 6.35. The van der Waals surface area contributed by atoms with Crippen LogP contribution in [0, 0.1) is 5.82 Å². The Morgan fingerprint density at radius 2 is 2.00 bits per heavy atom. The van der Waals surface area contributed by atoms with Gasteiger partial charge in [-0.15, -0.1) is 0 Å². The Hall–Kier alpha value is -2.43. The summed E-state index contributed by atoms with van der Waals surface area (Å²) in [7, 11) is 1.75. The van der Waals surface area contributed by atoms with Gasteiger partial charge >= 0.3 is 0 Å². The van der Waals surface area contributed by atoms with Gasteiger partial charge in [0.25, 0.3) is 5.91 Å². The van der Waals surface area contributed by atoms with Crippen LogP contribution in [0.4, 0.5) is 10.2 Å². The van der Waals surface area contributed by atoms with E-state index in [-0.39, 0.29) is 11.7 Å². The molecular weight excluding hydrogens is 257 g/mol. The number of aromatic nitrogens is 1. The molecule has 0 unspecified atom stereocenters. The SMILES string of the molecule is CNc1cc(C(=O)NCCc2ccc(F)cc2)ccn1. The Labute approximate surface area is 117 Å². The van der Waals surface area contributed by atoms with Gasteiger partial charge in [-0.25, -0.2) is 9.37 Å². The third-order valence-corrected chi connectivity index (χ3v) is 2.89. The average Bonchev–Trinajstić information content (AvgIpc) is 2.49. The lowest BCUT2D eigenvalue weighted by atomic mass is 10.1. The maximum Gasteiger partial charge on any atom is 0.251 e. The molecule has 0 radical (unpaired) electrons. The van der Waals surface area contributed by atoms with Crippen LogP contribution in [-0.4, -0.2) is 24.5 Å². The summed E-state index contributed by atoms with van der Waals surface area (Å²) in [6.07, 6.45) is 2.25. The summed E-state index contributed by atoms with van der Waals surface area (Å²) >= 11 is 0. The molecule has 0 spiro atoms. The van der Waals surface area contributed by atoms with Crippen molar-refractivity contribution in [2.45, 2.75) is 6.42 Å². The highest BCUT2D eigenvalue weighted by molar-refractivity contribution is 5.94. The number of carbonyl (C=O) groups excluding carboxylic acids is 1. The number of hydrogen-bond donors (Lipinski definition) is 2. The number of nitrogens with one attached hydrogen (secondary N) is 2. The minimum atomic E-state index is -0.255. The summed E-state index contributed by atoms with van der Waals surface area (Å²) in [6, 6.07) is 9.61. The van der Waals surface area contributed by atoms with Crippen LogP contribution in [-0.2, 0) is 6.42 Å². The van der Waals surface area contributed by atoms with Gasteiger partial charge in [0.15, 0.2) is 0 Å². The second-order valence-electron chi connectivity index (χ2n) is 4.31. The lowest BCUT2D eigenvalue weighted by Crippen LogP contribution is -2.25. The second kappa shape index (κ2) is 6.65. The quantitative estimate of drug-likeness (QED) is 0.878. The molecule has 5 heteroatoms. The highest BCUT2D eigenvalue weighted by atomic mass is 19.1. The van der Waals surface area contributed by atoms with E-state index in [4.69, 9.17) is 0 Å². The lowest BCUT2D eigenvalue weighted by Gasteiger charge is -2.06. The molecule has 0 saturated carbocycles. The molecule has 0 saturated heterocycles. The molecule has 0 aliphatic heterocycles. The van der Waals surface area contributed by atoms with E-state index < -0.39 is 0 Å². The summed E-state index contributed by atoms with van der Waals surface area (Å²) in [5.74, 6) is 0.247. The van der Waals surface area contributed by atoms with Gasteiger partial charge in [0, 0.05) is 25.4 Å². The van der Waals surface area contributed by atoms with Gasteiger partial charge in [-0.2, -0.15) is 0 Å². The van der Waals surface area contributed by atoms with E-state index >= 15 is 0 Å². The average molecular weight is 273 g/mol. The van der Waals surface area contributed by atoms with Crippen molar-refractivity contribution in [3.05, 3.63) is 59.5 Å². The number of hydrogen-bond acceptors (Lipinski definition) is 3. The molecule has 2 rings (SSSR count). The van der Waals surface area contributed by atoms with Gasteiger partial charge in [0.2, 0.25) is 0 Å². The molecule has 1 aromatic heterocycles. The van der Waals surface area contributed by atoms with Gasteiger partial charge < -0.3 is 10.6 Å². The van der Waals surface area contributed by atoms with Crippen molar-refractivity contribution in [2.24, 2.45) is 0 Å². The molecule has 1 aromatic carbocycles. The Kier molecular flexibility index (Phi) is 4.65. The third-order valence-electron chi connectivity index (χ3n) is 2.89. The van der Waals surface area contributed by atoms with Crippen LogP contribution in [0.3, 0.4) is 0 Å². The minimum absolute atomic E-state index is 0.147. The number of anilines is 1. The Morgan fingerprint density at radius 1 is 1.25 bits per heavy atom. The van der Waals surface area contributed by atoms with Gasteiger partial charge in [0.05, 0.1) is 0 Å². The van der Waals surface area contributed by atoms with Crippen LogP contribution < -0.4 is 10.6 Å². The predicted octanol–water partition coefficient (Wildman–Crippen LogP) is 2.23. The first-order chi connectivity index (χ1) is 9.69. The molecule has 2 aromatic rings. The van der Waals surface area contributed by atoms with Gasteiger partial charge in [-0.1, -0.05) is 12.1 Å². The van der Waals surface area contributed by atoms with Crippen LogP contribution in [0.5, 0.6) is 0 Å². The highest BCUT2D eigenvalue weighted by Crippen LogP contribution is 2.06. The number of pyridine rings is 1. The molecule has 0 aliphatic carbocycles. The number of halogens is 1. The second-order valence-corrected chi connectivity index (χ2v) is 4.31. The maximum atomic E-state index is 12.7. The molecule has 1 heterocycles. The van der Waals surface area contributed by atoms with E-state index in [1.165, 1.54) is 12.1 Å². The normalized spacial score (nSPS) is 10.1. The molecule has 0 aliphatic rings. The molecule has 2 N–H and O–H groups in total. The molecule has 1 amide bonds. The van der Waals surface area contributed by atoms with Crippen LogP contribution >= 0.6 is 0 Å². The first kappa shape index (κ1) is 14.0. The van der Waals surface area contributed by atoms with Crippen molar-refractivity contribution < 1.29 is 9.18 Å². The van der Waals surface area contributed by atoms with Crippen molar-refractivity contribution in [1.82, 2.24) is 10.3 Å². The fraction of sp³-hybridized carbons (Fsp3) is 0.200. The fourth-order valence-electron chi connectivity index (χ4n) is 1.78. The van der Waals surface area contributed by atoms with E-state index in [0.29, 0.717) is 24.3 Å². The molecular formula is C15H16FN3O. The van der Waals surface area contributed by atoms with Crippen LogP contribution in [0.2, 0.25) is 0 Å². The fourth-order valence-corrected chi connectivity index (χ4v) is 1.78. The van der Waals surface area contributed by atoms with Gasteiger partial charge in [-0.3, -0.25) is 4.79 Å². The van der Waals surface area contributed by atoms with Crippen LogP contribution in [0.1, 0.15) is 15.9 Å². The Balaban J connectivity index is 1.87. The van der Waals surface area contributed by atoms with Crippen molar-refractivity contribution >= 4 is 11.7 Å². The molecule has 20 heavy (non-hydrogen) atoms. The van der Waals surface area contributed by atoms with Crippen LogP contribution in [0.25, 0.3) is 0 Å². The summed E-state index contributed by atoms with van der Waals surface area (Å²) in [4.78, 5) is 16.0. The number of benzene rings is 1. The standard InChI is InChI=1S/C15H16FN3O/c1-17-14-10-12(7-9-18-14)15(20)19-8-6-11-2-4-13(16)5-3-11/h2-5,7,9-10H,6,8H2,1H3,(H,17,18)(H,19,20). The van der Waals surface area contributed by atoms with Crippen molar-refractivity contribution in [2.75, 3.05) is 18.9 Å². The summed E-state index contributed by atoms with van der Waals surface area (Å²) in [5, 5.41) is 5.71. The zero-order valence-electron chi connectivity index (χ0n) is 11.2. The van der Waals surface area contributed by atoms with E-state index in [9.17, 15) is 9.18 Å². The number of rotatable bonds is 5. The number of nitrogens with zero attached hydrogens (tertiary/aromatic N) is 1. The first-order valence-corrected chi connectivity index (χ1v) is 6.35.